The summed E-state index contributed by atoms with van der Waals surface area (Å²) in [5.74, 6) is 0.886. The van der Waals surface area contributed by atoms with Crippen molar-refractivity contribution in [3.8, 4) is 0 Å². The van der Waals surface area contributed by atoms with Crippen LogP contribution in [0.25, 0.3) is 0 Å². The van der Waals surface area contributed by atoms with Crippen LogP contribution in [0.4, 0.5) is 0 Å². The average molecular weight is 198 g/mol. The normalized spacial score (nSPS) is 18.2. The summed E-state index contributed by atoms with van der Waals surface area (Å²) in [4.78, 5) is 0. The summed E-state index contributed by atoms with van der Waals surface area (Å²) in [7, 11) is 0. The van der Waals surface area contributed by atoms with Crippen LogP contribution in [0, 0.1) is 4.77 Å². The molecule has 2 rings (SSSR count). The van der Waals surface area contributed by atoms with Crippen molar-refractivity contribution in [3.05, 3.63) is 10.6 Å². The minimum atomic E-state index is 0.462. The van der Waals surface area contributed by atoms with E-state index in [1.807, 2.05) is 0 Å². The van der Waals surface area contributed by atoms with Crippen molar-refractivity contribution in [2.75, 3.05) is 0 Å². The van der Waals surface area contributed by atoms with Gasteiger partial charge in [-0.3, -0.25) is 9.67 Å². The average Bonchev–Trinajstić information content (AvgIpc) is 2.72. The van der Waals surface area contributed by atoms with E-state index in [1.54, 1.807) is 0 Å². The molecule has 3 N–H and O–H groups in total. The lowest BCUT2D eigenvalue weighted by Crippen LogP contribution is -2.12. The Morgan fingerprint density at radius 1 is 1.54 bits per heavy atom. The molecule has 0 bridgehead atoms. The molecule has 1 heterocycles. The molecule has 0 radical (unpaired) electrons. The molecule has 1 aliphatic carbocycles. The molecule has 0 spiro atoms. The second-order valence-electron chi connectivity index (χ2n) is 3.46. The number of hydrogen-bond acceptors (Lipinski definition) is 3. The molecule has 0 saturated heterocycles. The molecule has 0 atom stereocenters. The summed E-state index contributed by atoms with van der Waals surface area (Å²) in [6.45, 7) is 0.462. The summed E-state index contributed by atoms with van der Waals surface area (Å²) in [5.41, 5.74) is 5.58. The van der Waals surface area contributed by atoms with Crippen LogP contribution in [0.2, 0.25) is 0 Å². The Kier molecular flexibility index (Phi) is 2.46. The Balaban J connectivity index is 2.36. The van der Waals surface area contributed by atoms with Gasteiger partial charge in [-0.1, -0.05) is 12.8 Å². The van der Waals surface area contributed by atoms with Gasteiger partial charge in [0.15, 0.2) is 4.77 Å². The van der Waals surface area contributed by atoms with Gasteiger partial charge in [0.25, 0.3) is 0 Å². The monoisotopic (exact) mass is 198 g/mol. The SMILES string of the molecule is NCc1n[nH]c(=S)n1C1CCCC1. The van der Waals surface area contributed by atoms with E-state index >= 15 is 0 Å². The van der Waals surface area contributed by atoms with Crippen LogP contribution >= 0.6 is 12.2 Å². The number of nitrogens with zero attached hydrogens (tertiary/aromatic N) is 2. The Bertz CT molecular complexity index is 334. The van der Waals surface area contributed by atoms with Gasteiger partial charge in [-0.05, 0) is 25.1 Å². The Morgan fingerprint density at radius 3 is 2.85 bits per heavy atom. The molecular weight excluding hydrogens is 184 g/mol. The Labute approximate surface area is 82.1 Å². The minimum Gasteiger partial charge on any atom is -0.324 e. The highest BCUT2D eigenvalue weighted by molar-refractivity contribution is 7.71. The quantitative estimate of drug-likeness (QED) is 0.708. The van der Waals surface area contributed by atoms with Gasteiger partial charge in [0.05, 0.1) is 6.54 Å². The summed E-state index contributed by atoms with van der Waals surface area (Å²) >= 11 is 5.17. The molecular formula is C8H14N4S. The van der Waals surface area contributed by atoms with Gasteiger partial charge in [-0.15, -0.1) is 0 Å². The number of rotatable bonds is 2. The van der Waals surface area contributed by atoms with Crippen LogP contribution in [0.1, 0.15) is 37.5 Å². The van der Waals surface area contributed by atoms with Gasteiger partial charge < -0.3 is 5.73 Å². The number of H-pyrrole nitrogens is 1. The maximum absolute atomic E-state index is 5.58. The van der Waals surface area contributed by atoms with E-state index in [9.17, 15) is 0 Å². The Hall–Kier alpha value is -0.680. The first-order chi connectivity index (χ1) is 6.33. The van der Waals surface area contributed by atoms with E-state index in [0.29, 0.717) is 17.4 Å². The summed E-state index contributed by atoms with van der Waals surface area (Å²) in [5, 5.41) is 6.90. The zero-order valence-corrected chi connectivity index (χ0v) is 8.31. The maximum atomic E-state index is 5.58. The molecule has 5 heteroatoms. The van der Waals surface area contributed by atoms with E-state index in [4.69, 9.17) is 18.0 Å². The molecule has 1 aromatic rings. The first-order valence-corrected chi connectivity index (χ1v) is 5.09. The van der Waals surface area contributed by atoms with Crippen LogP contribution in [-0.4, -0.2) is 14.8 Å². The molecule has 13 heavy (non-hydrogen) atoms. The third-order valence-electron chi connectivity index (χ3n) is 2.65. The van der Waals surface area contributed by atoms with Crippen LogP contribution in [0.15, 0.2) is 0 Å². The second kappa shape index (κ2) is 3.59. The van der Waals surface area contributed by atoms with E-state index in [1.165, 1.54) is 25.7 Å². The van der Waals surface area contributed by atoms with Crippen molar-refractivity contribution in [1.82, 2.24) is 14.8 Å². The molecule has 1 fully saturated rings. The molecule has 0 unspecified atom stereocenters. The predicted octanol–water partition coefficient (Wildman–Crippen LogP) is 1.51. The first kappa shape index (κ1) is 8.90. The molecule has 1 saturated carbocycles. The van der Waals surface area contributed by atoms with Gasteiger partial charge in [0, 0.05) is 6.04 Å². The highest BCUT2D eigenvalue weighted by Crippen LogP contribution is 2.30. The fourth-order valence-corrected chi connectivity index (χ4v) is 2.32. The highest BCUT2D eigenvalue weighted by atomic mass is 32.1. The van der Waals surface area contributed by atoms with E-state index < -0.39 is 0 Å². The zero-order chi connectivity index (χ0) is 9.26. The van der Waals surface area contributed by atoms with Crippen molar-refractivity contribution in [2.24, 2.45) is 5.73 Å². The van der Waals surface area contributed by atoms with Gasteiger partial charge in [0.1, 0.15) is 5.82 Å². The fourth-order valence-electron chi connectivity index (χ4n) is 2.02. The summed E-state index contributed by atoms with van der Waals surface area (Å²) in [6.07, 6.45) is 5.00. The number of nitrogens with one attached hydrogen (secondary N) is 1. The van der Waals surface area contributed by atoms with Crippen molar-refractivity contribution in [3.63, 3.8) is 0 Å². The third kappa shape index (κ3) is 1.53. The standard InChI is InChI=1S/C8H14N4S/c9-5-7-10-11-8(13)12(7)6-3-1-2-4-6/h6H,1-5,9H2,(H,11,13). The number of nitrogens with two attached hydrogens (primary N) is 1. The molecule has 0 aliphatic heterocycles. The molecule has 0 aromatic carbocycles. The van der Waals surface area contributed by atoms with Crippen molar-refractivity contribution >= 4 is 12.2 Å². The van der Waals surface area contributed by atoms with Gasteiger partial charge in [-0.25, -0.2) is 0 Å². The largest absolute Gasteiger partial charge is 0.324 e. The van der Waals surface area contributed by atoms with E-state index in [-0.39, 0.29) is 0 Å². The van der Waals surface area contributed by atoms with Crippen molar-refractivity contribution in [2.45, 2.75) is 38.3 Å². The van der Waals surface area contributed by atoms with E-state index in [0.717, 1.165) is 5.82 Å². The van der Waals surface area contributed by atoms with Crippen LogP contribution < -0.4 is 5.73 Å². The topological polar surface area (TPSA) is 59.6 Å². The molecule has 4 nitrogen and oxygen atoms in total. The van der Waals surface area contributed by atoms with Crippen molar-refractivity contribution in [1.29, 1.82) is 0 Å². The van der Waals surface area contributed by atoms with Crippen LogP contribution in [0.5, 0.6) is 0 Å². The second-order valence-corrected chi connectivity index (χ2v) is 3.84. The molecule has 1 aliphatic rings. The fraction of sp³-hybridized carbons (Fsp3) is 0.750. The van der Waals surface area contributed by atoms with Gasteiger partial charge in [0.2, 0.25) is 0 Å². The van der Waals surface area contributed by atoms with Crippen LogP contribution in [-0.2, 0) is 6.54 Å². The summed E-state index contributed by atoms with van der Waals surface area (Å²) in [6, 6.07) is 0.532. The smallest absolute Gasteiger partial charge is 0.195 e. The number of aromatic nitrogens is 3. The first-order valence-electron chi connectivity index (χ1n) is 4.69. The number of hydrogen-bond donors (Lipinski definition) is 2. The highest BCUT2D eigenvalue weighted by Gasteiger charge is 2.20. The lowest BCUT2D eigenvalue weighted by Gasteiger charge is -2.12. The maximum Gasteiger partial charge on any atom is 0.195 e. The predicted molar refractivity (Wildman–Crippen MR) is 52.8 cm³/mol. The minimum absolute atomic E-state index is 0.462. The van der Waals surface area contributed by atoms with Gasteiger partial charge in [-0.2, -0.15) is 5.10 Å². The number of aromatic amines is 1. The zero-order valence-electron chi connectivity index (χ0n) is 7.49. The van der Waals surface area contributed by atoms with Crippen LogP contribution in [0.3, 0.4) is 0 Å². The lowest BCUT2D eigenvalue weighted by molar-refractivity contribution is 0.492. The summed E-state index contributed by atoms with van der Waals surface area (Å²) < 4.78 is 2.80. The molecule has 72 valence electrons. The Morgan fingerprint density at radius 2 is 2.23 bits per heavy atom. The lowest BCUT2D eigenvalue weighted by atomic mass is 10.2. The molecule has 0 amide bonds. The van der Waals surface area contributed by atoms with Crippen molar-refractivity contribution < 1.29 is 0 Å². The van der Waals surface area contributed by atoms with E-state index in [2.05, 4.69) is 14.8 Å². The third-order valence-corrected chi connectivity index (χ3v) is 2.94. The van der Waals surface area contributed by atoms with Gasteiger partial charge >= 0.3 is 0 Å². The molecule has 1 aromatic heterocycles.